The lowest BCUT2D eigenvalue weighted by molar-refractivity contribution is -0.123. The third-order valence-electron chi connectivity index (χ3n) is 3.36. The molecular weight excluding hydrogens is 284 g/mol. The van der Waals surface area contributed by atoms with Crippen LogP contribution in [0.4, 0.5) is 0 Å². The number of nitrogens with two attached hydrogens (primary N) is 1. The molecule has 102 valence electrons. The average molecular weight is 299 g/mol. The third-order valence-corrected chi connectivity index (χ3v) is 3.97. The van der Waals surface area contributed by atoms with Gasteiger partial charge in [0.2, 0.25) is 5.91 Å². The molecule has 1 aromatic carbocycles. The molecule has 1 aromatic rings. The van der Waals surface area contributed by atoms with Gasteiger partial charge in [-0.1, -0.05) is 11.6 Å². The molecular formula is C13H15ClN2O2S. The first-order valence-electron chi connectivity index (χ1n) is 6.06. The standard InChI is InChI=1S/C13H15ClN2O2S/c14-11-2-1-9(19)7-10(11)13(18)16-5-3-8(4-6-16)12(15)17/h1-2,7-8,19H,3-6H2,(H2,15,17). The number of hydrogen-bond donors (Lipinski definition) is 2. The second kappa shape index (κ2) is 5.84. The van der Waals surface area contributed by atoms with E-state index < -0.39 is 0 Å². The maximum absolute atomic E-state index is 12.3. The summed E-state index contributed by atoms with van der Waals surface area (Å²) in [5.41, 5.74) is 5.72. The Bertz CT molecular complexity index is 513. The summed E-state index contributed by atoms with van der Waals surface area (Å²) < 4.78 is 0. The minimum Gasteiger partial charge on any atom is -0.369 e. The van der Waals surface area contributed by atoms with E-state index in [-0.39, 0.29) is 17.7 Å². The summed E-state index contributed by atoms with van der Waals surface area (Å²) in [6.07, 6.45) is 1.22. The maximum Gasteiger partial charge on any atom is 0.255 e. The minimum absolute atomic E-state index is 0.121. The molecule has 0 bridgehead atoms. The highest BCUT2D eigenvalue weighted by Crippen LogP contribution is 2.24. The quantitative estimate of drug-likeness (QED) is 0.820. The van der Waals surface area contributed by atoms with Crippen molar-refractivity contribution in [1.82, 2.24) is 4.90 Å². The van der Waals surface area contributed by atoms with Crippen molar-refractivity contribution in [1.29, 1.82) is 0 Å². The highest BCUT2D eigenvalue weighted by molar-refractivity contribution is 7.80. The van der Waals surface area contributed by atoms with Crippen LogP contribution in [-0.2, 0) is 4.79 Å². The van der Waals surface area contributed by atoms with Gasteiger partial charge in [-0.15, -0.1) is 12.6 Å². The van der Waals surface area contributed by atoms with Gasteiger partial charge in [-0.2, -0.15) is 0 Å². The maximum atomic E-state index is 12.3. The number of carbonyl (C=O) groups is 2. The lowest BCUT2D eigenvalue weighted by atomic mass is 9.96. The normalized spacial score (nSPS) is 16.4. The van der Waals surface area contributed by atoms with E-state index in [1.54, 1.807) is 23.1 Å². The van der Waals surface area contributed by atoms with Crippen LogP contribution in [0.5, 0.6) is 0 Å². The van der Waals surface area contributed by atoms with Gasteiger partial charge >= 0.3 is 0 Å². The highest BCUT2D eigenvalue weighted by Gasteiger charge is 2.27. The SMILES string of the molecule is NC(=O)C1CCN(C(=O)c2cc(S)ccc2Cl)CC1. The number of nitrogens with zero attached hydrogens (tertiary/aromatic N) is 1. The molecule has 0 saturated carbocycles. The molecule has 0 atom stereocenters. The Morgan fingerprint density at radius 2 is 1.95 bits per heavy atom. The lowest BCUT2D eigenvalue weighted by Gasteiger charge is -2.30. The van der Waals surface area contributed by atoms with Crippen LogP contribution in [0.2, 0.25) is 5.02 Å². The number of primary amides is 1. The Kier molecular flexibility index (Phi) is 4.37. The molecule has 1 heterocycles. The van der Waals surface area contributed by atoms with E-state index in [1.165, 1.54) is 0 Å². The smallest absolute Gasteiger partial charge is 0.255 e. The second-order valence-corrected chi connectivity index (χ2v) is 5.56. The number of halogens is 1. The van der Waals surface area contributed by atoms with Gasteiger partial charge < -0.3 is 10.6 Å². The summed E-state index contributed by atoms with van der Waals surface area (Å²) in [5, 5.41) is 0.417. The summed E-state index contributed by atoms with van der Waals surface area (Å²) in [6, 6.07) is 5.06. The Morgan fingerprint density at radius 1 is 1.32 bits per heavy atom. The van der Waals surface area contributed by atoms with E-state index in [1.807, 2.05) is 0 Å². The molecule has 1 aliphatic rings. The van der Waals surface area contributed by atoms with Crippen molar-refractivity contribution in [3.63, 3.8) is 0 Å². The summed E-state index contributed by atoms with van der Waals surface area (Å²) in [6.45, 7) is 1.05. The average Bonchev–Trinajstić information content (AvgIpc) is 2.41. The Balaban J connectivity index is 2.09. The number of benzene rings is 1. The van der Waals surface area contributed by atoms with E-state index in [0.29, 0.717) is 41.4 Å². The van der Waals surface area contributed by atoms with Crippen molar-refractivity contribution in [2.45, 2.75) is 17.7 Å². The largest absolute Gasteiger partial charge is 0.369 e. The van der Waals surface area contributed by atoms with Crippen molar-refractivity contribution < 1.29 is 9.59 Å². The van der Waals surface area contributed by atoms with Gasteiger partial charge in [0.05, 0.1) is 10.6 Å². The number of hydrogen-bond acceptors (Lipinski definition) is 3. The molecule has 0 aromatic heterocycles. The Hall–Kier alpha value is -1.20. The Morgan fingerprint density at radius 3 is 2.53 bits per heavy atom. The van der Waals surface area contributed by atoms with E-state index in [9.17, 15) is 9.59 Å². The van der Waals surface area contributed by atoms with Crippen molar-refractivity contribution in [2.75, 3.05) is 13.1 Å². The van der Waals surface area contributed by atoms with Crippen molar-refractivity contribution >= 4 is 36.0 Å². The van der Waals surface area contributed by atoms with E-state index in [0.717, 1.165) is 0 Å². The van der Waals surface area contributed by atoms with Gasteiger partial charge in [-0.3, -0.25) is 9.59 Å². The number of amides is 2. The first-order valence-corrected chi connectivity index (χ1v) is 6.88. The first-order chi connectivity index (χ1) is 8.99. The van der Waals surface area contributed by atoms with Crippen LogP contribution in [0.15, 0.2) is 23.1 Å². The molecule has 2 N–H and O–H groups in total. The minimum atomic E-state index is -0.289. The van der Waals surface area contributed by atoms with Gasteiger partial charge in [-0.05, 0) is 31.0 Å². The second-order valence-electron chi connectivity index (χ2n) is 4.63. The molecule has 2 amide bonds. The van der Waals surface area contributed by atoms with Gasteiger partial charge in [-0.25, -0.2) is 0 Å². The topological polar surface area (TPSA) is 63.4 Å². The molecule has 1 saturated heterocycles. The number of rotatable bonds is 2. The van der Waals surface area contributed by atoms with Gasteiger partial charge in [0, 0.05) is 23.9 Å². The van der Waals surface area contributed by atoms with Gasteiger partial charge in [0.1, 0.15) is 0 Å². The number of likely N-dealkylation sites (tertiary alicyclic amines) is 1. The zero-order valence-corrected chi connectivity index (χ0v) is 12.0. The molecule has 19 heavy (non-hydrogen) atoms. The van der Waals surface area contributed by atoms with E-state index in [2.05, 4.69) is 12.6 Å². The highest BCUT2D eigenvalue weighted by atomic mass is 35.5. The van der Waals surface area contributed by atoms with Crippen LogP contribution in [0.1, 0.15) is 23.2 Å². The number of thiol groups is 1. The zero-order chi connectivity index (χ0) is 14.0. The molecule has 0 radical (unpaired) electrons. The molecule has 4 nitrogen and oxygen atoms in total. The predicted octanol–water partition coefficient (Wildman–Crippen LogP) is 1.97. The molecule has 1 fully saturated rings. The van der Waals surface area contributed by atoms with Crippen LogP contribution in [0.25, 0.3) is 0 Å². The summed E-state index contributed by atoms with van der Waals surface area (Å²) >= 11 is 10.2. The predicted molar refractivity (Wildman–Crippen MR) is 76.5 cm³/mol. The van der Waals surface area contributed by atoms with Gasteiger partial charge in [0.15, 0.2) is 0 Å². The molecule has 2 rings (SSSR count). The van der Waals surface area contributed by atoms with Crippen LogP contribution >= 0.6 is 24.2 Å². The van der Waals surface area contributed by atoms with Crippen LogP contribution < -0.4 is 5.73 Å². The van der Waals surface area contributed by atoms with Crippen molar-refractivity contribution in [2.24, 2.45) is 11.7 Å². The van der Waals surface area contributed by atoms with Crippen molar-refractivity contribution in [3.8, 4) is 0 Å². The van der Waals surface area contributed by atoms with Crippen LogP contribution in [0, 0.1) is 5.92 Å². The van der Waals surface area contributed by atoms with Crippen LogP contribution in [-0.4, -0.2) is 29.8 Å². The molecule has 6 heteroatoms. The lowest BCUT2D eigenvalue weighted by Crippen LogP contribution is -2.41. The zero-order valence-electron chi connectivity index (χ0n) is 10.3. The van der Waals surface area contributed by atoms with E-state index in [4.69, 9.17) is 17.3 Å². The monoisotopic (exact) mass is 298 g/mol. The fraction of sp³-hybridized carbons (Fsp3) is 0.385. The third kappa shape index (κ3) is 3.22. The van der Waals surface area contributed by atoms with Gasteiger partial charge in [0.25, 0.3) is 5.91 Å². The molecule has 0 spiro atoms. The summed E-state index contributed by atoms with van der Waals surface area (Å²) in [5.74, 6) is -0.540. The summed E-state index contributed by atoms with van der Waals surface area (Å²) in [4.78, 5) is 25.8. The van der Waals surface area contributed by atoms with E-state index >= 15 is 0 Å². The van der Waals surface area contributed by atoms with Crippen molar-refractivity contribution in [3.05, 3.63) is 28.8 Å². The fourth-order valence-corrected chi connectivity index (χ4v) is 2.62. The Labute approximate surface area is 122 Å². The fourth-order valence-electron chi connectivity index (χ4n) is 2.21. The summed E-state index contributed by atoms with van der Waals surface area (Å²) in [7, 11) is 0. The number of piperidine rings is 1. The molecule has 1 aliphatic heterocycles. The molecule has 0 unspecified atom stereocenters. The van der Waals surface area contributed by atoms with Crippen LogP contribution in [0.3, 0.4) is 0 Å². The molecule has 0 aliphatic carbocycles. The first kappa shape index (κ1) is 14.2. The number of carbonyl (C=O) groups excluding carboxylic acids is 2.